The molecule has 0 fully saturated rings. The number of hydrogen-bond acceptors (Lipinski definition) is 4. The largest absolute Gasteiger partial charge is 0.134 e. The molecule has 2 aromatic heterocycles. The Kier molecular flexibility index (Phi) is 10.4. The summed E-state index contributed by atoms with van der Waals surface area (Å²) >= 11 is 1.87. The second kappa shape index (κ2) is 17.4. The number of fused-ring (bicyclic) bond motifs is 3. The van der Waals surface area contributed by atoms with E-state index < -0.39 is 0 Å². The summed E-state index contributed by atoms with van der Waals surface area (Å²) in [6.07, 6.45) is 0. The Labute approximate surface area is 394 Å². The second-order valence-electron chi connectivity index (χ2n) is 16.6. The first-order valence-corrected chi connectivity index (χ1v) is 23.4. The number of thiophene rings is 1. The molecule has 0 aliphatic rings. The highest BCUT2D eigenvalue weighted by Crippen LogP contribution is 2.58. The molecular formula is C63H41N3S. The quantitative estimate of drug-likeness (QED) is 0.145. The predicted octanol–water partition coefficient (Wildman–Crippen LogP) is 17.2. The minimum Gasteiger partial charge on any atom is -0.134 e. The van der Waals surface area contributed by atoms with Gasteiger partial charge in [0.2, 0.25) is 0 Å². The molecule has 0 aliphatic carbocycles. The number of aromatic nitrogens is 3. The summed E-state index contributed by atoms with van der Waals surface area (Å²) < 4.78 is 2.39. The van der Waals surface area contributed by atoms with Crippen molar-refractivity contribution in [1.29, 1.82) is 0 Å². The lowest BCUT2D eigenvalue weighted by Gasteiger charge is -2.25. The van der Waals surface area contributed by atoms with E-state index in [0.29, 0.717) is 0 Å². The van der Waals surface area contributed by atoms with E-state index in [1.807, 2.05) is 17.4 Å². The number of nitrogens with zero attached hydrogens (tertiary/aromatic N) is 3. The lowest BCUT2D eigenvalue weighted by Crippen LogP contribution is -2.04. The summed E-state index contributed by atoms with van der Waals surface area (Å²) in [4.78, 5) is 0. The lowest BCUT2D eigenvalue weighted by molar-refractivity contribution is 0.879. The summed E-state index contributed by atoms with van der Waals surface area (Å²) in [5, 5.41) is 17.1. The van der Waals surface area contributed by atoms with Gasteiger partial charge in [0.1, 0.15) is 11.4 Å². The minimum absolute atomic E-state index is 0.773. The van der Waals surface area contributed by atoms with E-state index in [2.05, 4.69) is 243 Å². The zero-order chi connectivity index (χ0) is 44.5. The molecule has 3 nitrogen and oxygen atoms in total. The molecule has 4 heteroatoms. The first-order chi connectivity index (χ1) is 33.3. The molecule has 0 spiro atoms. The van der Waals surface area contributed by atoms with Gasteiger partial charge in [-0.2, -0.15) is 0 Å². The van der Waals surface area contributed by atoms with Crippen LogP contribution in [0.1, 0.15) is 0 Å². The van der Waals surface area contributed by atoms with Crippen LogP contribution in [0.2, 0.25) is 0 Å². The molecule has 0 atom stereocenters. The standard InChI is InChI=1S/C63H41N3S/c1-7-24-42(25-8-1)48-36-19-21-38-50(48)52-40-23-41-53-58-59(61-56(46-32-15-5-16-33-46)60(64-66-65-61)47-34-17-6-18-35-47)57(51-39-22-20-37-49(51)43-26-9-2-10-27-43)54(44-28-11-3-12-29-44)55(63(58)67-62(52)53)45-30-13-4-14-31-45/h1-41H. The molecule has 0 N–H and O–H groups in total. The monoisotopic (exact) mass is 871 g/mol. The maximum absolute atomic E-state index is 5.25. The third-order valence-electron chi connectivity index (χ3n) is 12.8. The number of rotatable bonds is 9. The highest BCUT2D eigenvalue weighted by Gasteiger charge is 2.32. The van der Waals surface area contributed by atoms with Gasteiger partial charge in [-0.25, -0.2) is 0 Å². The van der Waals surface area contributed by atoms with Gasteiger partial charge < -0.3 is 0 Å². The van der Waals surface area contributed by atoms with Gasteiger partial charge in [0.25, 0.3) is 0 Å². The Morgan fingerprint density at radius 1 is 0.239 bits per heavy atom. The van der Waals surface area contributed by atoms with Gasteiger partial charge in [0, 0.05) is 53.6 Å². The minimum atomic E-state index is 0.773. The average Bonchev–Trinajstić information content (AvgIpc) is 3.81. The van der Waals surface area contributed by atoms with Crippen molar-refractivity contribution in [2.75, 3.05) is 0 Å². The fraction of sp³-hybridized carbons (Fsp3) is 0. The Hall–Kier alpha value is -8.57. The topological polar surface area (TPSA) is 38.7 Å². The summed E-state index contributed by atoms with van der Waals surface area (Å²) in [6.45, 7) is 0. The molecular weight excluding hydrogens is 831 g/mol. The molecule has 12 aromatic rings. The normalized spacial score (nSPS) is 11.3. The van der Waals surface area contributed by atoms with Gasteiger partial charge in [-0.15, -0.1) is 21.5 Å². The van der Waals surface area contributed by atoms with Crippen LogP contribution in [0.15, 0.2) is 249 Å². The van der Waals surface area contributed by atoms with Crippen molar-refractivity contribution in [1.82, 2.24) is 15.4 Å². The number of benzene rings is 10. The Bertz CT molecular complexity index is 3700. The SMILES string of the molecule is c1ccc(-c2ccccc2-c2c(-c3ccccc3)c(-c3ccccc3)c3sc4c(-c5ccccc5-c5ccccc5)cccc4c3c2-c2nnnc(-c3ccccc3)c2-c2ccccc2)cc1. The zero-order valence-corrected chi connectivity index (χ0v) is 37.2. The highest BCUT2D eigenvalue weighted by atomic mass is 32.1. The van der Waals surface area contributed by atoms with Crippen LogP contribution in [0.25, 0.3) is 121 Å². The van der Waals surface area contributed by atoms with Crippen LogP contribution in [0.5, 0.6) is 0 Å². The smallest absolute Gasteiger partial charge is 0.106 e. The Morgan fingerprint density at radius 3 is 1.19 bits per heavy atom. The van der Waals surface area contributed by atoms with Gasteiger partial charge in [-0.05, 0) is 60.8 Å². The fourth-order valence-corrected chi connectivity index (χ4v) is 11.3. The highest BCUT2D eigenvalue weighted by molar-refractivity contribution is 7.27. The predicted molar refractivity (Wildman–Crippen MR) is 282 cm³/mol. The lowest BCUT2D eigenvalue weighted by atomic mass is 9.78. The van der Waals surface area contributed by atoms with Crippen LogP contribution < -0.4 is 0 Å². The molecule has 0 aliphatic heterocycles. The van der Waals surface area contributed by atoms with E-state index in [-0.39, 0.29) is 0 Å². The van der Waals surface area contributed by atoms with Gasteiger partial charge >= 0.3 is 0 Å². The summed E-state index contributed by atoms with van der Waals surface area (Å²) in [5.41, 5.74) is 19.2. The van der Waals surface area contributed by atoms with E-state index >= 15 is 0 Å². The van der Waals surface area contributed by atoms with Crippen LogP contribution in [0, 0.1) is 0 Å². The van der Waals surface area contributed by atoms with Crippen molar-refractivity contribution in [3.05, 3.63) is 249 Å². The third kappa shape index (κ3) is 7.12. The molecule has 0 amide bonds. The molecule has 10 aromatic carbocycles. The second-order valence-corrected chi connectivity index (χ2v) is 17.7. The Morgan fingerprint density at radius 2 is 0.642 bits per heavy atom. The maximum atomic E-state index is 5.25. The Balaban J connectivity index is 1.35. The van der Waals surface area contributed by atoms with Gasteiger partial charge in [0.05, 0.1) is 0 Å². The molecule has 314 valence electrons. The molecule has 0 saturated heterocycles. The van der Waals surface area contributed by atoms with Crippen LogP contribution in [0.4, 0.5) is 0 Å². The van der Waals surface area contributed by atoms with E-state index in [0.717, 1.165) is 83.4 Å². The van der Waals surface area contributed by atoms with Crippen molar-refractivity contribution in [3.63, 3.8) is 0 Å². The van der Waals surface area contributed by atoms with Crippen LogP contribution in [-0.4, -0.2) is 15.4 Å². The van der Waals surface area contributed by atoms with Crippen molar-refractivity contribution in [2.24, 2.45) is 0 Å². The summed E-state index contributed by atoms with van der Waals surface area (Å²) in [6, 6.07) is 88.9. The fourth-order valence-electron chi connectivity index (χ4n) is 9.86. The van der Waals surface area contributed by atoms with Crippen molar-refractivity contribution < 1.29 is 0 Å². The molecule has 12 rings (SSSR count). The van der Waals surface area contributed by atoms with Crippen molar-refractivity contribution >= 4 is 31.5 Å². The first kappa shape index (κ1) is 40.0. The van der Waals surface area contributed by atoms with E-state index in [1.165, 1.54) is 37.2 Å². The van der Waals surface area contributed by atoms with Gasteiger partial charge in [-0.1, -0.05) is 249 Å². The van der Waals surface area contributed by atoms with E-state index in [9.17, 15) is 0 Å². The van der Waals surface area contributed by atoms with Gasteiger partial charge in [-0.3, -0.25) is 0 Å². The first-order valence-electron chi connectivity index (χ1n) is 22.6. The van der Waals surface area contributed by atoms with Crippen molar-refractivity contribution in [2.45, 2.75) is 0 Å². The van der Waals surface area contributed by atoms with Crippen LogP contribution >= 0.6 is 11.3 Å². The molecule has 0 saturated carbocycles. The molecule has 67 heavy (non-hydrogen) atoms. The molecule has 0 bridgehead atoms. The van der Waals surface area contributed by atoms with E-state index in [1.54, 1.807) is 0 Å². The van der Waals surface area contributed by atoms with Crippen LogP contribution in [0.3, 0.4) is 0 Å². The number of hydrogen-bond donors (Lipinski definition) is 0. The third-order valence-corrected chi connectivity index (χ3v) is 14.0. The van der Waals surface area contributed by atoms with Crippen molar-refractivity contribution in [3.8, 4) is 100 Å². The average molecular weight is 872 g/mol. The summed E-state index contributed by atoms with van der Waals surface area (Å²) in [5.74, 6) is 0. The maximum Gasteiger partial charge on any atom is 0.106 e. The van der Waals surface area contributed by atoms with Gasteiger partial charge in [0.15, 0.2) is 0 Å². The molecule has 2 heterocycles. The van der Waals surface area contributed by atoms with E-state index in [4.69, 9.17) is 15.4 Å². The molecule has 0 radical (unpaired) electrons. The summed E-state index contributed by atoms with van der Waals surface area (Å²) in [7, 11) is 0. The zero-order valence-electron chi connectivity index (χ0n) is 36.4. The van der Waals surface area contributed by atoms with Crippen LogP contribution in [-0.2, 0) is 0 Å². The molecule has 0 unspecified atom stereocenters.